The maximum absolute atomic E-state index is 13.5. The van der Waals surface area contributed by atoms with E-state index in [0.717, 1.165) is 4.90 Å². The summed E-state index contributed by atoms with van der Waals surface area (Å²) < 4.78 is 13.5. The number of rotatable bonds is 4. The molecule has 88 valence electrons. The highest BCUT2D eigenvalue weighted by molar-refractivity contribution is 7.98. The molecule has 16 heavy (non-hydrogen) atoms. The number of thioether (sulfide) groups is 1. The summed E-state index contributed by atoms with van der Waals surface area (Å²) in [5.41, 5.74) is -0.489. The van der Waals surface area contributed by atoms with E-state index in [1.807, 2.05) is 6.26 Å². The number of hydrogen-bond acceptors (Lipinski definition) is 2. The Balaban J connectivity index is 3.00. The van der Waals surface area contributed by atoms with Gasteiger partial charge in [0.2, 0.25) is 0 Å². The van der Waals surface area contributed by atoms with Crippen molar-refractivity contribution in [3.63, 3.8) is 0 Å². The first-order chi connectivity index (χ1) is 7.36. The van der Waals surface area contributed by atoms with Crippen molar-refractivity contribution < 1.29 is 14.3 Å². The molecule has 2 nitrogen and oxygen atoms in total. The molecule has 0 aromatic heterocycles. The van der Waals surface area contributed by atoms with Crippen LogP contribution in [0.1, 0.15) is 19.4 Å². The molecule has 0 aliphatic rings. The van der Waals surface area contributed by atoms with Gasteiger partial charge in [-0.05, 0) is 50.3 Å². The van der Waals surface area contributed by atoms with Crippen LogP contribution < -0.4 is 0 Å². The Morgan fingerprint density at radius 3 is 2.62 bits per heavy atom. The predicted molar refractivity (Wildman–Crippen MR) is 63.3 cm³/mol. The molecule has 0 unspecified atom stereocenters. The van der Waals surface area contributed by atoms with Crippen LogP contribution in [0.25, 0.3) is 0 Å². The van der Waals surface area contributed by atoms with Gasteiger partial charge in [0.15, 0.2) is 0 Å². The summed E-state index contributed by atoms with van der Waals surface area (Å²) >= 11 is 1.51. The van der Waals surface area contributed by atoms with Crippen molar-refractivity contribution in [1.29, 1.82) is 0 Å². The fourth-order valence-electron chi connectivity index (χ4n) is 1.37. The van der Waals surface area contributed by atoms with E-state index in [2.05, 4.69) is 0 Å². The van der Waals surface area contributed by atoms with Gasteiger partial charge in [-0.15, -0.1) is 11.8 Å². The van der Waals surface area contributed by atoms with Crippen molar-refractivity contribution in [3.05, 3.63) is 29.6 Å². The van der Waals surface area contributed by atoms with Crippen molar-refractivity contribution in [2.75, 3.05) is 6.26 Å². The fraction of sp³-hybridized carbons (Fsp3) is 0.417. The second kappa shape index (κ2) is 4.87. The van der Waals surface area contributed by atoms with Crippen LogP contribution in [0.5, 0.6) is 0 Å². The zero-order valence-electron chi connectivity index (χ0n) is 9.58. The van der Waals surface area contributed by atoms with Crippen LogP contribution in [-0.2, 0) is 11.2 Å². The first kappa shape index (κ1) is 13.0. The summed E-state index contributed by atoms with van der Waals surface area (Å²) in [6.45, 7) is 3.20. The molecule has 0 spiro atoms. The third-order valence-electron chi connectivity index (χ3n) is 2.46. The summed E-state index contributed by atoms with van der Waals surface area (Å²) in [5.74, 6) is -1.26. The third kappa shape index (κ3) is 2.98. The topological polar surface area (TPSA) is 37.3 Å². The van der Waals surface area contributed by atoms with Gasteiger partial charge < -0.3 is 5.11 Å². The molecule has 1 aromatic carbocycles. The largest absolute Gasteiger partial charge is 0.481 e. The Labute approximate surface area is 98.9 Å². The highest BCUT2D eigenvalue weighted by atomic mass is 32.2. The smallest absolute Gasteiger partial charge is 0.309 e. The van der Waals surface area contributed by atoms with E-state index >= 15 is 0 Å². The lowest BCUT2D eigenvalue weighted by atomic mass is 9.86. The average Bonchev–Trinajstić information content (AvgIpc) is 2.21. The third-order valence-corrected chi connectivity index (χ3v) is 3.19. The van der Waals surface area contributed by atoms with Crippen molar-refractivity contribution >= 4 is 17.7 Å². The quantitative estimate of drug-likeness (QED) is 0.824. The number of benzene rings is 1. The molecule has 0 heterocycles. The molecule has 0 saturated carbocycles. The molecule has 0 bridgehead atoms. The molecule has 0 saturated heterocycles. The highest BCUT2D eigenvalue weighted by Crippen LogP contribution is 2.26. The van der Waals surface area contributed by atoms with E-state index in [0.29, 0.717) is 5.56 Å². The number of carbonyl (C=O) groups is 1. The van der Waals surface area contributed by atoms with E-state index in [9.17, 15) is 9.18 Å². The monoisotopic (exact) mass is 242 g/mol. The van der Waals surface area contributed by atoms with E-state index in [1.54, 1.807) is 26.0 Å². The normalized spacial score (nSPS) is 11.5. The van der Waals surface area contributed by atoms with Gasteiger partial charge in [0.1, 0.15) is 5.82 Å². The minimum absolute atomic E-state index is 0.197. The van der Waals surface area contributed by atoms with Gasteiger partial charge in [0.05, 0.1) is 5.41 Å². The van der Waals surface area contributed by atoms with Crippen LogP contribution in [0.15, 0.2) is 23.1 Å². The number of carboxylic acid groups (broad SMARTS) is 1. The lowest BCUT2D eigenvalue weighted by molar-refractivity contribution is -0.146. The van der Waals surface area contributed by atoms with Crippen LogP contribution in [0.2, 0.25) is 0 Å². The fourth-order valence-corrected chi connectivity index (χ4v) is 1.83. The lowest BCUT2D eigenvalue weighted by Gasteiger charge is -2.19. The van der Waals surface area contributed by atoms with Gasteiger partial charge in [-0.25, -0.2) is 4.39 Å². The number of hydrogen-bond donors (Lipinski definition) is 1. The predicted octanol–water partition coefficient (Wildman–Crippen LogP) is 3.20. The minimum atomic E-state index is -0.947. The van der Waals surface area contributed by atoms with Gasteiger partial charge in [-0.3, -0.25) is 4.79 Å². The second-order valence-electron chi connectivity index (χ2n) is 4.32. The van der Waals surface area contributed by atoms with Crippen molar-refractivity contribution in [2.45, 2.75) is 25.2 Å². The zero-order chi connectivity index (χ0) is 12.3. The van der Waals surface area contributed by atoms with Crippen LogP contribution in [0.3, 0.4) is 0 Å². The van der Waals surface area contributed by atoms with E-state index in [-0.39, 0.29) is 12.2 Å². The van der Waals surface area contributed by atoms with Gasteiger partial charge in [0, 0.05) is 4.90 Å². The van der Waals surface area contributed by atoms with E-state index in [4.69, 9.17) is 5.11 Å². The highest BCUT2D eigenvalue weighted by Gasteiger charge is 2.28. The molecule has 0 fully saturated rings. The lowest BCUT2D eigenvalue weighted by Crippen LogP contribution is -2.26. The summed E-state index contributed by atoms with van der Waals surface area (Å²) in [6, 6.07) is 4.79. The minimum Gasteiger partial charge on any atom is -0.481 e. The van der Waals surface area contributed by atoms with E-state index in [1.165, 1.54) is 17.8 Å². The average molecular weight is 242 g/mol. The van der Waals surface area contributed by atoms with Crippen LogP contribution in [0.4, 0.5) is 4.39 Å². The molecule has 0 amide bonds. The SMILES string of the molecule is CSc1ccc(F)c(CC(C)(C)C(=O)O)c1. The van der Waals surface area contributed by atoms with Gasteiger partial charge in [-0.2, -0.15) is 0 Å². The molecule has 1 N–H and O–H groups in total. The standard InChI is InChI=1S/C12H15FO2S/c1-12(2,11(14)15)7-8-6-9(16-3)4-5-10(8)13/h4-6H,7H2,1-3H3,(H,14,15). The van der Waals surface area contributed by atoms with Gasteiger partial charge >= 0.3 is 5.97 Å². The molecular formula is C12H15FO2S. The first-order valence-electron chi connectivity index (χ1n) is 4.92. The molecule has 0 atom stereocenters. The summed E-state index contributed by atoms with van der Waals surface area (Å²) in [5, 5.41) is 8.99. The maximum Gasteiger partial charge on any atom is 0.309 e. The summed E-state index contributed by atoms with van der Waals surface area (Å²) in [7, 11) is 0. The number of aliphatic carboxylic acids is 1. The molecule has 0 aliphatic heterocycles. The Morgan fingerprint density at radius 1 is 1.50 bits per heavy atom. The van der Waals surface area contributed by atoms with Gasteiger partial charge in [-0.1, -0.05) is 0 Å². The Hall–Kier alpha value is -1.03. The van der Waals surface area contributed by atoms with Crippen LogP contribution in [-0.4, -0.2) is 17.3 Å². The Bertz CT molecular complexity index is 402. The molecule has 0 aliphatic carbocycles. The van der Waals surface area contributed by atoms with Crippen LogP contribution >= 0.6 is 11.8 Å². The van der Waals surface area contributed by atoms with Gasteiger partial charge in [0.25, 0.3) is 0 Å². The molecule has 1 rings (SSSR count). The van der Waals surface area contributed by atoms with Crippen molar-refractivity contribution in [1.82, 2.24) is 0 Å². The Morgan fingerprint density at radius 2 is 2.12 bits per heavy atom. The summed E-state index contributed by atoms with van der Waals surface area (Å²) in [6.07, 6.45) is 2.10. The second-order valence-corrected chi connectivity index (χ2v) is 5.20. The number of halogens is 1. The van der Waals surface area contributed by atoms with Crippen LogP contribution in [0, 0.1) is 11.2 Å². The molecule has 4 heteroatoms. The van der Waals surface area contributed by atoms with E-state index < -0.39 is 11.4 Å². The molecular weight excluding hydrogens is 227 g/mol. The first-order valence-corrected chi connectivity index (χ1v) is 6.15. The maximum atomic E-state index is 13.5. The summed E-state index contributed by atoms with van der Waals surface area (Å²) in [4.78, 5) is 11.9. The molecule has 0 radical (unpaired) electrons. The zero-order valence-corrected chi connectivity index (χ0v) is 10.4. The van der Waals surface area contributed by atoms with Crippen molar-refractivity contribution in [2.24, 2.45) is 5.41 Å². The Kier molecular flexibility index (Phi) is 3.97. The number of carboxylic acids is 1. The molecule has 1 aromatic rings. The van der Waals surface area contributed by atoms with Crippen molar-refractivity contribution in [3.8, 4) is 0 Å².